The van der Waals surface area contributed by atoms with Crippen molar-refractivity contribution in [2.75, 3.05) is 26.3 Å². The van der Waals surface area contributed by atoms with Gasteiger partial charge in [0.15, 0.2) is 0 Å². The molecule has 2 aliphatic rings. The Bertz CT molecular complexity index is 1040. The Kier molecular flexibility index (Phi) is 7.70. The Hall–Kier alpha value is -3.39. The molecule has 0 saturated carbocycles. The second kappa shape index (κ2) is 10.9. The van der Waals surface area contributed by atoms with Crippen molar-refractivity contribution in [1.82, 2.24) is 10.2 Å². The third-order valence-corrected chi connectivity index (χ3v) is 6.79. The fourth-order valence-electron chi connectivity index (χ4n) is 5.12. The number of amides is 2. The highest BCUT2D eigenvalue weighted by atomic mass is 16.5. The number of aliphatic carboxylic acids is 1. The molecule has 35 heavy (non-hydrogen) atoms. The zero-order chi connectivity index (χ0) is 24.9. The summed E-state index contributed by atoms with van der Waals surface area (Å²) in [7, 11) is 0. The summed E-state index contributed by atoms with van der Waals surface area (Å²) in [5.74, 6) is -2.16. The molecule has 0 bridgehead atoms. The predicted molar refractivity (Wildman–Crippen MR) is 130 cm³/mol. The number of alkyl carbamates (subject to hydrolysis) is 1. The Morgan fingerprint density at radius 2 is 1.66 bits per heavy atom. The number of ether oxygens (including phenoxy) is 2. The molecule has 1 saturated heterocycles. The van der Waals surface area contributed by atoms with Crippen molar-refractivity contribution in [2.24, 2.45) is 5.92 Å². The van der Waals surface area contributed by atoms with E-state index in [9.17, 15) is 19.5 Å². The molecule has 2 amide bonds. The summed E-state index contributed by atoms with van der Waals surface area (Å²) in [6.07, 6.45) is -0.117. The summed E-state index contributed by atoms with van der Waals surface area (Å²) in [5.41, 5.74) is 4.51. The van der Waals surface area contributed by atoms with E-state index >= 15 is 0 Å². The minimum atomic E-state index is -0.990. The maximum atomic E-state index is 13.2. The number of carboxylic acid groups (broad SMARTS) is 1. The molecule has 1 aliphatic carbocycles. The summed E-state index contributed by atoms with van der Waals surface area (Å²) >= 11 is 0. The molecule has 8 heteroatoms. The van der Waals surface area contributed by atoms with Crippen LogP contribution in [-0.2, 0) is 19.1 Å². The maximum absolute atomic E-state index is 13.2. The van der Waals surface area contributed by atoms with Gasteiger partial charge in [0.2, 0.25) is 5.91 Å². The third-order valence-electron chi connectivity index (χ3n) is 6.79. The van der Waals surface area contributed by atoms with Crippen molar-refractivity contribution in [3.8, 4) is 11.1 Å². The van der Waals surface area contributed by atoms with Crippen LogP contribution in [0.5, 0.6) is 0 Å². The van der Waals surface area contributed by atoms with Crippen molar-refractivity contribution in [1.29, 1.82) is 0 Å². The molecule has 3 atom stereocenters. The molecule has 1 fully saturated rings. The predicted octanol–water partition coefficient (Wildman–Crippen LogP) is 3.64. The standard InChI is InChI=1S/C27H32N2O6/c1-3-9-23(25(30)29-14-21(26(31)32)24(15-29)34-4-2)28-27(33)35-16-22-19-12-7-5-10-17(19)18-11-6-8-13-20(18)22/h5-8,10-13,21-24H,3-4,9,14-16H2,1-2H3,(H,28,33)(H,31,32)/t21?,23-,24?/m1/s1. The SMILES string of the molecule is CCC[C@@H](NC(=O)OCC1c2ccccc2-c2ccccc21)C(=O)N1CC(OCC)C(C(=O)O)C1. The summed E-state index contributed by atoms with van der Waals surface area (Å²) in [6.45, 7) is 4.49. The Balaban J connectivity index is 1.40. The van der Waals surface area contributed by atoms with Gasteiger partial charge >= 0.3 is 12.1 Å². The first kappa shape index (κ1) is 24.7. The van der Waals surface area contributed by atoms with Crippen LogP contribution in [-0.4, -0.2) is 66.4 Å². The zero-order valence-electron chi connectivity index (χ0n) is 20.1. The van der Waals surface area contributed by atoms with Gasteiger partial charge in [-0.1, -0.05) is 61.9 Å². The number of likely N-dealkylation sites (tertiary alicyclic amines) is 1. The van der Waals surface area contributed by atoms with Crippen molar-refractivity contribution < 1.29 is 29.0 Å². The summed E-state index contributed by atoms with van der Waals surface area (Å²) in [5, 5.41) is 12.2. The molecule has 0 radical (unpaired) electrons. The largest absolute Gasteiger partial charge is 0.481 e. The Morgan fingerprint density at radius 3 is 2.23 bits per heavy atom. The average molecular weight is 481 g/mol. The van der Waals surface area contributed by atoms with Gasteiger partial charge in [-0.3, -0.25) is 9.59 Å². The van der Waals surface area contributed by atoms with Crippen LogP contribution in [0.3, 0.4) is 0 Å². The molecule has 4 rings (SSSR count). The highest BCUT2D eigenvalue weighted by Crippen LogP contribution is 2.44. The van der Waals surface area contributed by atoms with Gasteiger partial charge in [0.05, 0.1) is 6.10 Å². The van der Waals surface area contributed by atoms with Crippen LogP contribution in [0.15, 0.2) is 48.5 Å². The van der Waals surface area contributed by atoms with Crippen LogP contribution >= 0.6 is 0 Å². The molecule has 0 spiro atoms. The fourth-order valence-corrected chi connectivity index (χ4v) is 5.12. The number of hydrogen-bond donors (Lipinski definition) is 2. The van der Waals surface area contributed by atoms with E-state index in [1.807, 2.05) is 43.3 Å². The number of nitrogens with one attached hydrogen (secondary N) is 1. The van der Waals surface area contributed by atoms with Crippen LogP contribution in [0.1, 0.15) is 43.7 Å². The highest BCUT2D eigenvalue weighted by molar-refractivity contribution is 5.87. The Labute approximate surface area is 205 Å². The van der Waals surface area contributed by atoms with Gasteiger partial charge in [0.1, 0.15) is 18.6 Å². The lowest BCUT2D eigenvalue weighted by Gasteiger charge is -2.24. The monoisotopic (exact) mass is 480 g/mol. The molecule has 186 valence electrons. The van der Waals surface area contributed by atoms with E-state index < -0.39 is 30.1 Å². The van der Waals surface area contributed by atoms with E-state index in [0.717, 1.165) is 22.3 Å². The molecule has 0 aromatic heterocycles. The second-order valence-electron chi connectivity index (χ2n) is 8.99. The number of hydrogen-bond acceptors (Lipinski definition) is 5. The molecule has 1 heterocycles. The van der Waals surface area contributed by atoms with Gasteiger partial charge < -0.3 is 24.8 Å². The fraction of sp³-hybridized carbons (Fsp3) is 0.444. The topological polar surface area (TPSA) is 105 Å². The number of carbonyl (C=O) groups excluding carboxylic acids is 2. The normalized spacial score (nSPS) is 19.7. The first-order valence-corrected chi connectivity index (χ1v) is 12.2. The van der Waals surface area contributed by atoms with Gasteiger partial charge in [0, 0.05) is 25.6 Å². The number of rotatable bonds is 9. The van der Waals surface area contributed by atoms with Gasteiger partial charge in [0.25, 0.3) is 0 Å². The first-order chi connectivity index (χ1) is 16.9. The van der Waals surface area contributed by atoms with Gasteiger partial charge in [-0.15, -0.1) is 0 Å². The molecule has 2 unspecified atom stereocenters. The number of fused-ring (bicyclic) bond motifs is 3. The molecular weight excluding hydrogens is 448 g/mol. The lowest BCUT2D eigenvalue weighted by Crippen LogP contribution is -2.48. The van der Waals surface area contributed by atoms with Crippen molar-refractivity contribution in [2.45, 2.75) is 44.8 Å². The zero-order valence-corrected chi connectivity index (χ0v) is 20.1. The van der Waals surface area contributed by atoms with E-state index in [1.54, 1.807) is 6.92 Å². The third kappa shape index (κ3) is 5.17. The number of nitrogens with zero attached hydrogens (tertiary/aromatic N) is 1. The molecule has 2 aromatic rings. The van der Waals surface area contributed by atoms with E-state index in [2.05, 4.69) is 17.4 Å². The molecule has 1 aliphatic heterocycles. The Morgan fingerprint density at radius 1 is 1.03 bits per heavy atom. The van der Waals surface area contributed by atoms with Crippen molar-refractivity contribution in [3.63, 3.8) is 0 Å². The van der Waals surface area contributed by atoms with Crippen LogP contribution < -0.4 is 5.32 Å². The summed E-state index contributed by atoms with van der Waals surface area (Å²) in [4.78, 5) is 39.0. The average Bonchev–Trinajstić information content (AvgIpc) is 3.42. The smallest absolute Gasteiger partial charge is 0.407 e. The molecule has 2 aromatic carbocycles. The summed E-state index contributed by atoms with van der Waals surface area (Å²) in [6, 6.07) is 15.4. The minimum Gasteiger partial charge on any atom is -0.481 e. The van der Waals surface area contributed by atoms with E-state index in [-0.39, 0.29) is 31.5 Å². The minimum absolute atomic E-state index is 0.0609. The van der Waals surface area contributed by atoms with Gasteiger partial charge in [-0.25, -0.2) is 4.79 Å². The van der Waals surface area contributed by atoms with E-state index in [0.29, 0.717) is 19.4 Å². The van der Waals surface area contributed by atoms with Crippen molar-refractivity contribution >= 4 is 18.0 Å². The van der Waals surface area contributed by atoms with Crippen LogP contribution in [0.4, 0.5) is 4.79 Å². The number of benzene rings is 2. The molecule has 8 nitrogen and oxygen atoms in total. The highest BCUT2D eigenvalue weighted by Gasteiger charge is 2.42. The molecule has 2 N–H and O–H groups in total. The van der Waals surface area contributed by atoms with Gasteiger partial charge in [-0.05, 0) is 35.6 Å². The lowest BCUT2D eigenvalue weighted by atomic mass is 9.98. The van der Waals surface area contributed by atoms with E-state index in [4.69, 9.17) is 9.47 Å². The number of carboxylic acids is 1. The summed E-state index contributed by atoms with van der Waals surface area (Å²) < 4.78 is 11.2. The second-order valence-corrected chi connectivity index (χ2v) is 8.99. The van der Waals surface area contributed by atoms with Crippen LogP contribution in [0.25, 0.3) is 11.1 Å². The quantitative estimate of drug-likeness (QED) is 0.568. The van der Waals surface area contributed by atoms with E-state index in [1.165, 1.54) is 4.90 Å². The number of carbonyl (C=O) groups is 3. The lowest BCUT2D eigenvalue weighted by molar-refractivity contribution is -0.145. The van der Waals surface area contributed by atoms with Crippen LogP contribution in [0.2, 0.25) is 0 Å². The van der Waals surface area contributed by atoms with Crippen LogP contribution in [0, 0.1) is 5.92 Å². The maximum Gasteiger partial charge on any atom is 0.407 e. The van der Waals surface area contributed by atoms with Gasteiger partial charge in [-0.2, -0.15) is 0 Å². The molecular formula is C27H32N2O6. The first-order valence-electron chi connectivity index (χ1n) is 12.2. The van der Waals surface area contributed by atoms with Crippen molar-refractivity contribution in [3.05, 3.63) is 59.7 Å².